The average molecular weight is 226 g/mol. The molecule has 0 bridgehead atoms. The summed E-state index contributed by atoms with van der Waals surface area (Å²) in [6.45, 7) is 16.7. The summed E-state index contributed by atoms with van der Waals surface area (Å²) in [6, 6.07) is 4.10. The van der Waals surface area contributed by atoms with Crippen molar-refractivity contribution >= 4 is 0 Å². The molecule has 0 saturated heterocycles. The molecule has 16 heavy (non-hydrogen) atoms. The summed E-state index contributed by atoms with van der Waals surface area (Å²) in [7, 11) is 0. The van der Waals surface area contributed by atoms with Gasteiger partial charge in [0.2, 0.25) is 0 Å². The fraction of sp³-hybridized carbons (Fsp3) is 0.733. The Hall–Kier alpha value is -0.720. The minimum Gasteiger partial charge on any atom is -0.466 e. The Morgan fingerprint density at radius 1 is 1.06 bits per heavy atom. The largest absolute Gasteiger partial charge is 0.466 e. The molecule has 0 atom stereocenters. The van der Waals surface area contributed by atoms with Crippen molar-refractivity contribution in [2.45, 2.75) is 68.2 Å². The van der Waals surface area contributed by atoms with Gasteiger partial charge in [0, 0.05) is 6.42 Å². The maximum atomic E-state index is 5.52. The molecule has 0 N–H and O–H groups in total. The monoisotopic (exact) mass is 226 g/mol. The van der Waals surface area contributed by atoms with Gasteiger partial charge in [0.15, 0.2) is 0 Å². The first-order chi connectivity index (χ1) is 7.53. The Kier molecular flexibility index (Phi) is 10.5. The Morgan fingerprint density at radius 2 is 1.56 bits per heavy atom. The van der Waals surface area contributed by atoms with Crippen LogP contribution in [-0.2, 0) is 6.42 Å². The lowest BCUT2D eigenvalue weighted by Crippen LogP contribution is -2.12. The van der Waals surface area contributed by atoms with Crippen molar-refractivity contribution in [2.24, 2.45) is 5.41 Å². The molecule has 0 aliphatic carbocycles. The van der Waals surface area contributed by atoms with Gasteiger partial charge in [-0.25, -0.2) is 0 Å². The lowest BCUT2D eigenvalue weighted by molar-refractivity contribution is 0.314. The summed E-state index contributed by atoms with van der Waals surface area (Å²) in [5.74, 6) is 2.12. The van der Waals surface area contributed by atoms with E-state index < -0.39 is 0 Å². The molecule has 1 heterocycles. The second-order valence-corrected chi connectivity index (χ2v) is 4.21. The third-order valence-corrected chi connectivity index (χ3v) is 2.41. The van der Waals surface area contributed by atoms with E-state index in [2.05, 4.69) is 26.8 Å². The number of furan rings is 1. The molecule has 1 aromatic heterocycles. The maximum absolute atomic E-state index is 5.52. The number of rotatable bonds is 3. The molecule has 0 aliphatic rings. The van der Waals surface area contributed by atoms with Crippen molar-refractivity contribution in [1.82, 2.24) is 0 Å². The van der Waals surface area contributed by atoms with Crippen LogP contribution in [0, 0.1) is 12.3 Å². The van der Waals surface area contributed by atoms with E-state index >= 15 is 0 Å². The first-order valence-corrected chi connectivity index (χ1v) is 6.59. The van der Waals surface area contributed by atoms with Crippen LogP contribution in [0.15, 0.2) is 16.5 Å². The lowest BCUT2D eigenvalue weighted by atomic mass is 9.86. The highest BCUT2D eigenvalue weighted by atomic mass is 16.3. The van der Waals surface area contributed by atoms with Crippen molar-refractivity contribution in [3.8, 4) is 0 Å². The number of aryl methyl sites for hydroxylation is 1. The van der Waals surface area contributed by atoms with Crippen molar-refractivity contribution in [3.05, 3.63) is 23.7 Å². The van der Waals surface area contributed by atoms with E-state index in [0.29, 0.717) is 5.41 Å². The Bertz CT molecular complexity index is 246. The van der Waals surface area contributed by atoms with Gasteiger partial charge in [-0.2, -0.15) is 0 Å². The highest BCUT2D eigenvalue weighted by Crippen LogP contribution is 2.25. The van der Waals surface area contributed by atoms with Crippen LogP contribution in [-0.4, -0.2) is 0 Å². The first kappa shape index (κ1) is 17.7. The van der Waals surface area contributed by atoms with Crippen LogP contribution in [0.1, 0.15) is 66.4 Å². The minimum absolute atomic E-state index is 0.365. The summed E-state index contributed by atoms with van der Waals surface area (Å²) in [4.78, 5) is 0. The zero-order chi connectivity index (χ0) is 13.2. The van der Waals surface area contributed by atoms with Gasteiger partial charge in [-0.05, 0) is 24.5 Å². The topological polar surface area (TPSA) is 13.1 Å². The average Bonchev–Trinajstić information content (AvgIpc) is 2.69. The van der Waals surface area contributed by atoms with Crippen LogP contribution in [0.2, 0.25) is 0 Å². The fourth-order valence-electron chi connectivity index (χ4n) is 1.18. The van der Waals surface area contributed by atoms with Crippen molar-refractivity contribution in [2.75, 3.05) is 0 Å². The Morgan fingerprint density at radius 3 is 1.88 bits per heavy atom. The zero-order valence-corrected chi connectivity index (χ0v) is 12.5. The van der Waals surface area contributed by atoms with Crippen LogP contribution in [0.25, 0.3) is 0 Å². The molecule has 0 amide bonds. The van der Waals surface area contributed by atoms with E-state index in [-0.39, 0.29) is 0 Å². The van der Waals surface area contributed by atoms with Gasteiger partial charge in [-0.3, -0.25) is 0 Å². The van der Waals surface area contributed by atoms with E-state index in [1.54, 1.807) is 0 Å². The lowest BCUT2D eigenvalue weighted by Gasteiger charge is -2.20. The number of hydrogen-bond acceptors (Lipinski definition) is 1. The van der Waals surface area contributed by atoms with Gasteiger partial charge >= 0.3 is 0 Å². The summed E-state index contributed by atoms with van der Waals surface area (Å²) in [5, 5.41) is 0. The van der Waals surface area contributed by atoms with Crippen molar-refractivity contribution < 1.29 is 4.42 Å². The minimum atomic E-state index is 0.365. The quantitative estimate of drug-likeness (QED) is 0.652. The highest BCUT2D eigenvalue weighted by molar-refractivity contribution is 5.07. The predicted octanol–water partition coefficient (Wildman–Crippen LogP) is 5.62. The molecule has 1 heteroatoms. The molecule has 1 nitrogen and oxygen atoms in total. The molecule has 0 aliphatic heterocycles. The third-order valence-electron chi connectivity index (χ3n) is 2.41. The van der Waals surface area contributed by atoms with E-state index in [9.17, 15) is 0 Å². The Labute approximate surface area is 102 Å². The van der Waals surface area contributed by atoms with Crippen LogP contribution < -0.4 is 0 Å². The first-order valence-electron chi connectivity index (χ1n) is 6.59. The van der Waals surface area contributed by atoms with E-state index in [1.807, 2.05) is 40.7 Å². The maximum Gasteiger partial charge on any atom is 0.104 e. The third kappa shape index (κ3) is 7.56. The molecular formula is C15H30O. The highest BCUT2D eigenvalue weighted by Gasteiger charge is 2.17. The summed E-state index contributed by atoms with van der Waals surface area (Å²) >= 11 is 0. The normalized spacial score (nSPS) is 9.75. The van der Waals surface area contributed by atoms with Gasteiger partial charge < -0.3 is 4.42 Å². The second-order valence-electron chi connectivity index (χ2n) is 4.21. The molecule has 1 aromatic rings. The molecule has 0 saturated carbocycles. The molecule has 0 fully saturated rings. The van der Waals surface area contributed by atoms with Gasteiger partial charge in [-0.1, -0.05) is 54.9 Å². The fourth-order valence-corrected chi connectivity index (χ4v) is 1.18. The second kappa shape index (κ2) is 9.50. The van der Waals surface area contributed by atoms with Gasteiger partial charge in [0.1, 0.15) is 11.5 Å². The van der Waals surface area contributed by atoms with Crippen LogP contribution in [0.3, 0.4) is 0 Å². The van der Waals surface area contributed by atoms with Crippen molar-refractivity contribution in [3.63, 3.8) is 0 Å². The van der Waals surface area contributed by atoms with Crippen molar-refractivity contribution in [1.29, 1.82) is 0 Å². The summed E-state index contributed by atoms with van der Waals surface area (Å²) in [6.07, 6.45) is 2.23. The number of hydrogen-bond donors (Lipinski definition) is 0. The molecule has 1 rings (SSSR count). The molecule has 0 aromatic carbocycles. The molecule has 0 spiro atoms. The van der Waals surface area contributed by atoms with Crippen LogP contribution in [0.5, 0.6) is 0 Å². The molecule has 0 radical (unpaired) electrons. The van der Waals surface area contributed by atoms with Gasteiger partial charge in [0.05, 0.1) is 0 Å². The van der Waals surface area contributed by atoms with Crippen LogP contribution >= 0.6 is 0 Å². The molecular weight excluding hydrogens is 196 g/mol. The van der Waals surface area contributed by atoms with Crippen LogP contribution in [0.4, 0.5) is 0 Å². The van der Waals surface area contributed by atoms with E-state index in [1.165, 1.54) is 6.42 Å². The zero-order valence-electron chi connectivity index (χ0n) is 12.5. The smallest absolute Gasteiger partial charge is 0.104 e. The standard InChI is InChI=1S/C11H18O.2C2H6/c1-5-11(3,4)8-10-7-6-9(2)12-10;2*1-2/h6-7H,5,8H2,1-4H3;2*1-2H3. The molecule has 96 valence electrons. The predicted molar refractivity (Wildman–Crippen MR) is 73.9 cm³/mol. The van der Waals surface area contributed by atoms with Gasteiger partial charge in [0.25, 0.3) is 0 Å². The summed E-state index contributed by atoms with van der Waals surface area (Å²) in [5.41, 5.74) is 0.365. The summed E-state index contributed by atoms with van der Waals surface area (Å²) < 4.78 is 5.52. The Balaban J connectivity index is 0. The van der Waals surface area contributed by atoms with E-state index in [4.69, 9.17) is 4.42 Å². The van der Waals surface area contributed by atoms with E-state index in [0.717, 1.165) is 17.9 Å². The van der Waals surface area contributed by atoms with Gasteiger partial charge in [-0.15, -0.1) is 0 Å². The molecule has 0 unspecified atom stereocenters. The SMILES string of the molecule is CC.CC.CCC(C)(C)Cc1ccc(C)o1.